The molecule has 0 aliphatic carbocycles. The summed E-state index contributed by atoms with van der Waals surface area (Å²) in [6.45, 7) is -0.0764. The van der Waals surface area contributed by atoms with Gasteiger partial charge in [0.05, 0.1) is 18.1 Å². The van der Waals surface area contributed by atoms with Crippen LogP contribution in [0.1, 0.15) is 5.89 Å². The molecule has 0 radical (unpaired) electrons. The summed E-state index contributed by atoms with van der Waals surface area (Å²) in [6, 6.07) is 13.6. The van der Waals surface area contributed by atoms with Gasteiger partial charge >= 0.3 is 5.69 Å². The van der Waals surface area contributed by atoms with E-state index in [1.165, 1.54) is 19.2 Å². The molecule has 0 fully saturated rings. The Morgan fingerprint density at radius 1 is 1.21 bits per heavy atom. The smallest absolute Gasteiger partial charge is 0.314 e. The molecular formula is C16H13N3O5. The van der Waals surface area contributed by atoms with Gasteiger partial charge in [0.1, 0.15) is 5.75 Å². The van der Waals surface area contributed by atoms with Crippen molar-refractivity contribution in [1.29, 1.82) is 0 Å². The van der Waals surface area contributed by atoms with Crippen molar-refractivity contribution < 1.29 is 18.9 Å². The molecule has 1 heterocycles. The fraction of sp³-hybridized carbons (Fsp3) is 0.125. The third-order valence-corrected chi connectivity index (χ3v) is 3.21. The van der Waals surface area contributed by atoms with Crippen LogP contribution in [0.25, 0.3) is 11.4 Å². The second-order valence-corrected chi connectivity index (χ2v) is 4.76. The minimum Gasteiger partial charge on any atom is -0.496 e. The lowest BCUT2D eigenvalue weighted by atomic mass is 10.2. The Bertz CT molecular complexity index is 848. The fourth-order valence-corrected chi connectivity index (χ4v) is 2.05. The molecule has 0 saturated carbocycles. The van der Waals surface area contributed by atoms with Crippen LogP contribution >= 0.6 is 0 Å². The second kappa shape index (κ2) is 6.78. The summed E-state index contributed by atoms with van der Waals surface area (Å²) in [5.41, 5.74) is 0.611. The van der Waals surface area contributed by atoms with Crippen LogP contribution in [0.4, 0.5) is 5.69 Å². The summed E-state index contributed by atoms with van der Waals surface area (Å²) in [6.07, 6.45) is 0. The van der Waals surface area contributed by atoms with E-state index in [1.807, 2.05) is 30.3 Å². The minimum atomic E-state index is -0.541. The summed E-state index contributed by atoms with van der Waals surface area (Å²) in [5.74, 6) is 1.12. The average Bonchev–Trinajstić information content (AvgIpc) is 3.09. The number of nitro benzene ring substituents is 1. The number of aromatic nitrogens is 2. The predicted molar refractivity (Wildman–Crippen MR) is 83.7 cm³/mol. The summed E-state index contributed by atoms with van der Waals surface area (Å²) in [4.78, 5) is 14.8. The van der Waals surface area contributed by atoms with Crippen LogP contribution in [-0.4, -0.2) is 22.2 Å². The molecule has 1 aromatic heterocycles. The van der Waals surface area contributed by atoms with E-state index in [0.717, 1.165) is 5.56 Å². The topological polar surface area (TPSA) is 101 Å². The molecular weight excluding hydrogens is 314 g/mol. The SMILES string of the molecule is COc1ccc(OCc2nc(-c3ccccc3)no2)c([N+](=O)[O-])c1. The molecule has 0 N–H and O–H groups in total. The Balaban J connectivity index is 1.75. The zero-order chi connectivity index (χ0) is 16.9. The van der Waals surface area contributed by atoms with Gasteiger partial charge in [0.25, 0.3) is 5.89 Å². The Hall–Kier alpha value is -3.42. The summed E-state index contributed by atoms with van der Waals surface area (Å²) >= 11 is 0. The van der Waals surface area contributed by atoms with Gasteiger partial charge in [-0.2, -0.15) is 4.98 Å². The van der Waals surface area contributed by atoms with Crippen LogP contribution in [0.15, 0.2) is 53.1 Å². The number of nitrogens with zero attached hydrogens (tertiary/aromatic N) is 3. The highest BCUT2D eigenvalue weighted by molar-refractivity contribution is 5.53. The number of nitro groups is 1. The van der Waals surface area contributed by atoms with Crippen LogP contribution in [0.3, 0.4) is 0 Å². The maximum Gasteiger partial charge on any atom is 0.314 e. The highest BCUT2D eigenvalue weighted by Gasteiger charge is 2.18. The molecule has 3 rings (SSSR count). The van der Waals surface area contributed by atoms with E-state index in [4.69, 9.17) is 14.0 Å². The normalized spacial score (nSPS) is 10.4. The average molecular weight is 327 g/mol. The Kier molecular flexibility index (Phi) is 4.37. The zero-order valence-corrected chi connectivity index (χ0v) is 12.7. The van der Waals surface area contributed by atoms with E-state index >= 15 is 0 Å². The van der Waals surface area contributed by atoms with E-state index < -0.39 is 4.92 Å². The van der Waals surface area contributed by atoms with Crippen molar-refractivity contribution in [2.75, 3.05) is 7.11 Å². The first-order valence-corrected chi connectivity index (χ1v) is 7.00. The van der Waals surface area contributed by atoms with E-state index in [0.29, 0.717) is 11.6 Å². The number of methoxy groups -OCH3 is 1. The standard InChI is InChI=1S/C16H13N3O5/c1-22-12-7-8-14(13(9-12)19(20)21)23-10-15-17-16(18-24-15)11-5-3-2-4-6-11/h2-9H,10H2,1H3. The molecule has 0 saturated heterocycles. The number of benzene rings is 2. The Labute approximate surface area is 136 Å². The molecule has 3 aromatic rings. The molecule has 0 amide bonds. The van der Waals surface area contributed by atoms with Crippen molar-refractivity contribution in [3.63, 3.8) is 0 Å². The predicted octanol–water partition coefficient (Wildman–Crippen LogP) is 3.23. The summed E-state index contributed by atoms with van der Waals surface area (Å²) in [7, 11) is 1.43. The van der Waals surface area contributed by atoms with E-state index in [1.54, 1.807) is 6.07 Å². The minimum absolute atomic E-state index is 0.0764. The number of rotatable bonds is 6. The van der Waals surface area contributed by atoms with Gasteiger partial charge in [0.15, 0.2) is 12.4 Å². The number of hydrogen-bond acceptors (Lipinski definition) is 7. The van der Waals surface area contributed by atoms with Crippen molar-refractivity contribution in [2.24, 2.45) is 0 Å². The Morgan fingerprint density at radius 2 is 2.00 bits per heavy atom. The third kappa shape index (κ3) is 3.32. The molecule has 0 unspecified atom stereocenters. The van der Waals surface area contributed by atoms with Gasteiger partial charge in [-0.25, -0.2) is 0 Å². The first-order chi connectivity index (χ1) is 11.7. The summed E-state index contributed by atoms with van der Waals surface area (Å²) < 4.78 is 15.5. The Morgan fingerprint density at radius 3 is 2.71 bits per heavy atom. The quantitative estimate of drug-likeness (QED) is 0.506. The molecule has 24 heavy (non-hydrogen) atoms. The largest absolute Gasteiger partial charge is 0.496 e. The maximum absolute atomic E-state index is 11.1. The van der Waals surface area contributed by atoms with Crippen LogP contribution < -0.4 is 9.47 Å². The van der Waals surface area contributed by atoms with E-state index in [-0.39, 0.29) is 23.9 Å². The first-order valence-electron chi connectivity index (χ1n) is 7.00. The van der Waals surface area contributed by atoms with E-state index in [2.05, 4.69) is 10.1 Å². The van der Waals surface area contributed by atoms with Gasteiger partial charge in [-0.1, -0.05) is 35.5 Å². The van der Waals surface area contributed by atoms with Gasteiger partial charge in [-0.15, -0.1) is 0 Å². The van der Waals surface area contributed by atoms with Gasteiger partial charge in [-0.3, -0.25) is 10.1 Å². The molecule has 8 heteroatoms. The molecule has 0 aliphatic heterocycles. The lowest BCUT2D eigenvalue weighted by Crippen LogP contribution is -2.00. The van der Waals surface area contributed by atoms with Crippen LogP contribution in [0.2, 0.25) is 0 Å². The highest BCUT2D eigenvalue weighted by Crippen LogP contribution is 2.31. The molecule has 0 bridgehead atoms. The van der Waals surface area contributed by atoms with Gasteiger partial charge in [0, 0.05) is 5.56 Å². The fourth-order valence-electron chi connectivity index (χ4n) is 2.05. The van der Waals surface area contributed by atoms with Crippen LogP contribution in [-0.2, 0) is 6.61 Å². The van der Waals surface area contributed by atoms with Gasteiger partial charge < -0.3 is 14.0 Å². The van der Waals surface area contributed by atoms with Crippen molar-refractivity contribution in [3.05, 3.63) is 64.5 Å². The van der Waals surface area contributed by atoms with Crippen LogP contribution in [0, 0.1) is 10.1 Å². The van der Waals surface area contributed by atoms with Crippen LogP contribution in [0.5, 0.6) is 11.5 Å². The van der Waals surface area contributed by atoms with Gasteiger partial charge in [-0.05, 0) is 12.1 Å². The maximum atomic E-state index is 11.1. The van der Waals surface area contributed by atoms with Crippen molar-refractivity contribution in [2.45, 2.75) is 6.61 Å². The molecule has 0 spiro atoms. The number of hydrogen-bond donors (Lipinski definition) is 0. The third-order valence-electron chi connectivity index (χ3n) is 3.21. The lowest BCUT2D eigenvalue weighted by Gasteiger charge is -2.05. The van der Waals surface area contributed by atoms with Crippen molar-refractivity contribution in [1.82, 2.24) is 10.1 Å². The molecule has 122 valence electrons. The molecule has 2 aromatic carbocycles. The zero-order valence-electron chi connectivity index (χ0n) is 12.7. The monoisotopic (exact) mass is 327 g/mol. The molecule has 0 atom stereocenters. The molecule has 0 aliphatic rings. The first kappa shape index (κ1) is 15.5. The second-order valence-electron chi connectivity index (χ2n) is 4.76. The molecule has 8 nitrogen and oxygen atoms in total. The highest BCUT2D eigenvalue weighted by atomic mass is 16.6. The summed E-state index contributed by atoms with van der Waals surface area (Å²) in [5, 5.41) is 15.0. The van der Waals surface area contributed by atoms with E-state index in [9.17, 15) is 10.1 Å². The van der Waals surface area contributed by atoms with Crippen molar-refractivity contribution in [3.8, 4) is 22.9 Å². The number of ether oxygens (including phenoxy) is 2. The van der Waals surface area contributed by atoms with Gasteiger partial charge in [0.2, 0.25) is 5.82 Å². The lowest BCUT2D eigenvalue weighted by molar-refractivity contribution is -0.386. The van der Waals surface area contributed by atoms with Crippen molar-refractivity contribution >= 4 is 5.69 Å².